The van der Waals surface area contributed by atoms with E-state index in [9.17, 15) is 19.2 Å². The Morgan fingerprint density at radius 2 is 1.59 bits per heavy atom. The number of benzene rings is 2. The Labute approximate surface area is 297 Å². The van der Waals surface area contributed by atoms with Crippen molar-refractivity contribution in [3.05, 3.63) is 70.2 Å². The van der Waals surface area contributed by atoms with Crippen LogP contribution in [-0.2, 0) is 32.1 Å². The number of fused-ring (bicyclic) bond motifs is 1. The lowest BCUT2D eigenvalue weighted by Crippen LogP contribution is -2.59. The molecule has 1 N–H and O–H groups in total. The van der Waals surface area contributed by atoms with Crippen LogP contribution in [0.15, 0.2) is 48.5 Å². The van der Waals surface area contributed by atoms with Crippen LogP contribution in [0.4, 0.5) is 4.79 Å². The van der Waals surface area contributed by atoms with Crippen molar-refractivity contribution in [1.82, 2.24) is 24.9 Å². The number of hydrogen-bond donors (Lipinski definition) is 1. The highest BCUT2D eigenvalue weighted by Crippen LogP contribution is 2.37. The Kier molecular flexibility index (Phi) is 13.1. The van der Waals surface area contributed by atoms with E-state index in [1.54, 1.807) is 21.9 Å². The second-order valence-corrected chi connectivity index (χ2v) is 14.9. The van der Waals surface area contributed by atoms with E-state index in [1.165, 1.54) is 0 Å². The molecule has 3 atom stereocenters. The molecular formula is C38H54ClN5O5. The number of nitrogens with zero attached hydrogens (tertiary/aromatic N) is 4. The zero-order valence-corrected chi connectivity index (χ0v) is 31.0. The highest BCUT2D eigenvalue weighted by Gasteiger charge is 2.39. The maximum absolute atomic E-state index is 14.2. The summed E-state index contributed by atoms with van der Waals surface area (Å²) in [6.45, 7) is 17.4. The van der Waals surface area contributed by atoms with Gasteiger partial charge in [0.1, 0.15) is 11.6 Å². The Morgan fingerprint density at radius 1 is 0.959 bits per heavy atom. The molecule has 2 aromatic rings. The lowest BCUT2D eigenvalue weighted by molar-refractivity contribution is -0.141. The molecule has 49 heavy (non-hydrogen) atoms. The second kappa shape index (κ2) is 16.9. The zero-order valence-electron chi connectivity index (χ0n) is 30.2. The van der Waals surface area contributed by atoms with Crippen LogP contribution in [0, 0.1) is 5.92 Å². The molecule has 10 nitrogen and oxygen atoms in total. The van der Waals surface area contributed by atoms with E-state index in [0.717, 1.165) is 23.1 Å². The number of hydrogen-bond acceptors (Lipinski definition) is 6. The first-order valence-corrected chi connectivity index (χ1v) is 18.0. The van der Waals surface area contributed by atoms with Crippen LogP contribution >= 0.6 is 11.6 Å². The van der Waals surface area contributed by atoms with Gasteiger partial charge in [-0.1, -0.05) is 61.8 Å². The summed E-state index contributed by atoms with van der Waals surface area (Å²) in [7, 11) is 0. The average molecular weight is 696 g/mol. The number of ether oxygens (including phenoxy) is 1. The summed E-state index contributed by atoms with van der Waals surface area (Å²) in [6, 6.07) is 13.4. The van der Waals surface area contributed by atoms with Crippen LogP contribution in [0.5, 0.6) is 0 Å². The summed E-state index contributed by atoms with van der Waals surface area (Å²) < 4.78 is 5.69. The second-order valence-electron chi connectivity index (χ2n) is 14.5. The Balaban J connectivity index is 1.50. The summed E-state index contributed by atoms with van der Waals surface area (Å²) in [5, 5.41) is 3.62. The maximum Gasteiger partial charge on any atom is 0.411 e. The Bertz CT molecular complexity index is 1450. The average Bonchev–Trinajstić information content (AvgIpc) is 3.42. The maximum atomic E-state index is 14.2. The van der Waals surface area contributed by atoms with Crippen molar-refractivity contribution >= 4 is 35.4 Å². The lowest BCUT2D eigenvalue weighted by Gasteiger charge is -2.41. The summed E-state index contributed by atoms with van der Waals surface area (Å²) in [5.74, 6) is -0.0150. The number of amides is 4. The molecule has 0 aromatic heterocycles. The fraction of sp³-hybridized carbons (Fsp3) is 0.579. The molecule has 4 amide bonds. The number of piperazine rings is 1. The standard InChI is InChI=1S/C38H54ClN5O5/c1-8-41(9-2)36(47)33(22-26(3)4)42-18-20-43(21-19-42)35(46)31(23-27-14-16-29(39)17-15-27)40-34(45)24-32-30-13-11-10-12-28(30)25-44(32)37(48)49-38(5,6)7/h10-17,26,31-33H,8-9,18-25H2,1-7H3,(H,40,45)/t31-,32?,33?/m1/s1. The van der Waals surface area contributed by atoms with Gasteiger partial charge in [-0.15, -0.1) is 0 Å². The molecule has 0 aliphatic carbocycles. The first kappa shape index (κ1) is 38.2. The molecule has 0 saturated carbocycles. The van der Waals surface area contributed by atoms with Crippen molar-refractivity contribution in [2.75, 3.05) is 39.3 Å². The number of halogens is 1. The molecule has 1 fully saturated rings. The molecular weight excluding hydrogens is 642 g/mol. The minimum Gasteiger partial charge on any atom is -0.444 e. The fourth-order valence-electron chi connectivity index (χ4n) is 6.76. The highest BCUT2D eigenvalue weighted by molar-refractivity contribution is 6.30. The van der Waals surface area contributed by atoms with Crippen LogP contribution in [-0.4, -0.2) is 100 Å². The van der Waals surface area contributed by atoms with E-state index in [0.29, 0.717) is 56.8 Å². The summed E-state index contributed by atoms with van der Waals surface area (Å²) in [4.78, 5) is 62.2. The van der Waals surface area contributed by atoms with E-state index in [1.807, 2.05) is 75.9 Å². The molecule has 2 unspecified atom stereocenters. The number of carbonyl (C=O) groups is 4. The number of rotatable bonds is 12. The summed E-state index contributed by atoms with van der Waals surface area (Å²) in [6.07, 6.45) is 0.542. The SMILES string of the molecule is CCN(CC)C(=O)C(CC(C)C)N1CCN(C(=O)[C@@H](Cc2ccc(Cl)cc2)NC(=O)CC2c3ccccc3CN2C(=O)OC(C)(C)C)CC1. The van der Waals surface area contributed by atoms with Crippen molar-refractivity contribution in [3.8, 4) is 0 Å². The van der Waals surface area contributed by atoms with Gasteiger partial charge in [-0.05, 0) is 75.8 Å². The van der Waals surface area contributed by atoms with Gasteiger partial charge in [0.05, 0.1) is 18.5 Å². The third-order valence-electron chi connectivity index (χ3n) is 9.25. The van der Waals surface area contributed by atoms with Crippen LogP contribution in [0.25, 0.3) is 0 Å². The zero-order chi connectivity index (χ0) is 35.9. The van der Waals surface area contributed by atoms with Gasteiger partial charge < -0.3 is 19.9 Å². The van der Waals surface area contributed by atoms with Crippen molar-refractivity contribution in [2.24, 2.45) is 5.92 Å². The van der Waals surface area contributed by atoms with Gasteiger partial charge in [0.15, 0.2) is 0 Å². The quantitative estimate of drug-likeness (QED) is 0.307. The van der Waals surface area contributed by atoms with Gasteiger partial charge in [0.25, 0.3) is 0 Å². The predicted octanol–water partition coefficient (Wildman–Crippen LogP) is 5.68. The number of nitrogens with one attached hydrogen (secondary N) is 1. The predicted molar refractivity (Wildman–Crippen MR) is 192 cm³/mol. The lowest BCUT2D eigenvalue weighted by atomic mass is 9.99. The largest absolute Gasteiger partial charge is 0.444 e. The molecule has 4 rings (SSSR count). The molecule has 2 aromatic carbocycles. The molecule has 268 valence electrons. The topological polar surface area (TPSA) is 103 Å². The van der Waals surface area contributed by atoms with Gasteiger partial charge >= 0.3 is 6.09 Å². The van der Waals surface area contributed by atoms with Crippen LogP contribution in [0.3, 0.4) is 0 Å². The van der Waals surface area contributed by atoms with Crippen LogP contribution < -0.4 is 5.32 Å². The van der Waals surface area contributed by atoms with Crippen molar-refractivity contribution < 1.29 is 23.9 Å². The highest BCUT2D eigenvalue weighted by atomic mass is 35.5. The molecule has 0 bridgehead atoms. The molecule has 2 aliphatic heterocycles. The van der Waals surface area contributed by atoms with Crippen molar-refractivity contribution in [2.45, 2.75) is 98.0 Å². The number of likely N-dealkylation sites (N-methyl/N-ethyl adjacent to an activating group) is 1. The first-order chi connectivity index (χ1) is 23.2. The Morgan fingerprint density at radius 3 is 2.18 bits per heavy atom. The van der Waals surface area contributed by atoms with Crippen molar-refractivity contribution in [1.29, 1.82) is 0 Å². The molecule has 2 aliphatic rings. The van der Waals surface area contributed by atoms with E-state index in [-0.39, 0.29) is 36.6 Å². The molecule has 11 heteroatoms. The van der Waals surface area contributed by atoms with Crippen molar-refractivity contribution in [3.63, 3.8) is 0 Å². The van der Waals surface area contributed by atoms with Crippen LogP contribution in [0.1, 0.15) is 84.0 Å². The van der Waals surface area contributed by atoms with E-state index in [4.69, 9.17) is 16.3 Å². The van der Waals surface area contributed by atoms with Gasteiger partial charge in [0.2, 0.25) is 17.7 Å². The smallest absolute Gasteiger partial charge is 0.411 e. The van der Waals surface area contributed by atoms with Gasteiger partial charge in [-0.3, -0.25) is 24.2 Å². The van der Waals surface area contributed by atoms with E-state index in [2.05, 4.69) is 24.1 Å². The molecule has 2 heterocycles. The summed E-state index contributed by atoms with van der Waals surface area (Å²) >= 11 is 6.14. The van der Waals surface area contributed by atoms with E-state index < -0.39 is 23.8 Å². The van der Waals surface area contributed by atoms with Gasteiger partial charge in [0, 0.05) is 57.3 Å². The molecule has 1 saturated heterocycles. The monoisotopic (exact) mass is 695 g/mol. The van der Waals surface area contributed by atoms with E-state index >= 15 is 0 Å². The fourth-order valence-corrected chi connectivity index (χ4v) is 6.88. The first-order valence-electron chi connectivity index (χ1n) is 17.6. The van der Waals surface area contributed by atoms with Crippen LogP contribution in [0.2, 0.25) is 5.02 Å². The third kappa shape index (κ3) is 10.2. The molecule has 0 radical (unpaired) electrons. The Hall–Kier alpha value is -3.63. The minimum atomic E-state index is -0.824. The van der Waals surface area contributed by atoms with Gasteiger partial charge in [-0.2, -0.15) is 0 Å². The molecule has 0 spiro atoms. The normalized spacial score (nSPS) is 17.8. The van der Waals surface area contributed by atoms with Gasteiger partial charge in [-0.25, -0.2) is 4.79 Å². The minimum absolute atomic E-state index is 0.0151. The third-order valence-corrected chi connectivity index (χ3v) is 9.50. The number of carbonyl (C=O) groups excluding carboxylic acids is 4. The summed E-state index contributed by atoms with van der Waals surface area (Å²) in [5.41, 5.74) is 2.04.